The summed E-state index contributed by atoms with van der Waals surface area (Å²) < 4.78 is 12.0. The SMILES string of the molecule is COCCNC(=O)[C@H]1CN2CC[C@H]1C[C@@H]2Cn1cc(COC)nn1. The lowest BCUT2D eigenvalue weighted by atomic mass is 9.75. The zero-order chi connectivity index (χ0) is 16.9. The van der Waals surface area contributed by atoms with Crippen LogP contribution >= 0.6 is 0 Å². The van der Waals surface area contributed by atoms with Gasteiger partial charge in [0.15, 0.2) is 0 Å². The number of hydrogen-bond acceptors (Lipinski definition) is 6. The molecule has 4 atom stereocenters. The molecule has 3 aliphatic rings. The summed E-state index contributed by atoms with van der Waals surface area (Å²) in [6.45, 7) is 4.37. The highest BCUT2D eigenvalue weighted by atomic mass is 16.5. The van der Waals surface area contributed by atoms with Crippen molar-refractivity contribution < 1.29 is 14.3 Å². The number of fused-ring (bicyclic) bond motifs is 3. The van der Waals surface area contributed by atoms with Crippen molar-refractivity contribution in [1.29, 1.82) is 0 Å². The normalized spacial score (nSPS) is 28.9. The molecule has 1 aromatic rings. The highest BCUT2D eigenvalue weighted by Gasteiger charge is 2.43. The van der Waals surface area contributed by atoms with Crippen LogP contribution in [0.15, 0.2) is 6.20 Å². The number of amides is 1. The molecule has 1 aromatic heterocycles. The van der Waals surface area contributed by atoms with Crippen molar-refractivity contribution in [3.8, 4) is 0 Å². The molecule has 24 heavy (non-hydrogen) atoms. The van der Waals surface area contributed by atoms with Crippen molar-refractivity contribution in [2.75, 3.05) is 40.5 Å². The van der Waals surface area contributed by atoms with Crippen molar-refractivity contribution in [3.05, 3.63) is 11.9 Å². The summed E-state index contributed by atoms with van der Waals surface area (Å²) in [4.78, 5) is 14.8. The maximum absolute atomic E-state index is 12.4. The Kier molecular flexibility index (Phi) is 5.80. The van der Waals surface area contributed by atoms with E-state index in [0.29, 0.717) is 31.7 Å². The number of rotatable bonds is 8. The van der Waals surface area contributed by atoms with E-state index in [0.717, 1.165) is 38.2 Å². The van der Waals surface area contributed by atoms with Gasteiger partial charge >= 0.3 is 0 Å². The molecule has 4 rings (SSSR count). The third kappa shape index (κ3) is 3.93. The Bertz CT molecular complexity index is 550. The zero-order valence-corrected chi connectivity index (χ0v) is 14.5. The van der Waals surface area contributed by atoms with Gasteiger partial charge in [0.05, 0.1) is 31.9 Å². The molecule has 0 aromatic carbocycles. The molecular formula is C16H27N5O3. The molecule has 3 saturated heterocycles. The van der Waals surface area contributed by atoms with E-state index < -0.39 is 0 Å². The minimum Gasteiger partial charge on any atom is -0.383 e. The molecule has 134 valence electrons. The summed E-state index contributed by atoms with van der Waals surface area (Å²) in [6, 6.07) is 0.434. The standard InChI is InChI=1S/C16H27N5O3/c1-23-6-4-17-16(22)15-10-20-5-3-12(15)7-14(20)9-21-8-13(11-24-2)18-19-21/h8,12,14-15H,3-7,9-11H2,1-2H3,(H,17,22)/t12-,14+,15-/m0/s1. The van der Waals surface area contributed by atoms with Crippen LogP contribution in [-0.4, -0.2) is 72.3 Å². The number of nitrogens with one attached hydrogen (secondary N) is 1. The number of methoxy groups -OCH3 is 2. The van der Waals surface area contributed by atoms with Crippen molar-refractivity contribution >= 4 is 5.91 Å². The van der Waals surface area contributed by atoms with Crippen LogP contribution in [-0.2, 0) is 27.4 Å². The van der Waals surface area contributed by atoms with E-state index in [1.54, 1.807) is 14.2 Å². The molecule has 2 bridgehead atoms. The highest BCUT2D eigenvalue weighted by Crippen LogP contribution is 2.36. The summed E-state index contributed by atoms with van der Waals surface area (Å²) in [5, 5.41) is 11.3. The third-order valence-electron chi connectivity index (χ3n) is 5.10. The van der Waals surface area contributed by atoms with Crippen molar-refractivity contribution in [2.24, 2.45) is 11.8 Å². The second-order valence-corrected chi connectivity index (χ2v) is 6.69. The van der Waals surface area contributed by atoms with Crippen LogP contribution in [0.2, 0.25) is 0 Å². The summed E-state index contributed by atoms with van der Waals surface area (Å²) in [6.07, 6.45) is 4.09. The Morgan fingerprint density at radius 1 is 1.42 bits per heavy atom. The molecule has 1 amide bonds. The fourth-order valence-electron chi connectivity index (χ4n) is 3.89. The minimum atomic E-state index is 0.103. The second kappa shape index (κ2) is 8.04. The average molecular weight is 337 g/mol. The Morgan fingerprint density at radius 3 is 3.00 bits per heavy atom. The largest absolute Gasteiger partial charge is 0.383 e. The number of carbonyl (C=O) groups excluding carboxylic acids is 1. The van der Waals surface area contributed by atoms with E-state index in [-0.39, 0.29) is 11.8 Å². The highest BCUT2D eigenvalue weighted by molar-refractivity contribution is 5.79. The summed E-state index contributed by atoms with van der Waals surface area (Å²) in [7, 11) is 3.30. The first kappa shape index (κ1) is 17.3. The number of hydrogen-bond donors (Lipinski definition) is 1. The minimum absolute atomic E-state index is 0.103. The van der Waals surface area contributed by atoms with Gasteiger partial charge in [-0.15, -0.1) is 5.10 Å². The second-order valence-electron chi connectivity index (χ2n) is 6.69. The van der Waals surface area contributed by atoms with E-state index in [1.165, 1.54) is 0 Å². The summed E-state index contributed by atoms with van der Waals surface area (Å²) >= 11 is 0. The fraction of sp³-hybridized carbons (Fsp3) is 0.812. The van der Waals surface area contributed by atoms with Crippen LogP contribution in [0.5, 0.6) is 0 Å². The topological polar surface area (TPSA) is 81.5 Å². The molecule has 0 spiro atoms. The summed E-state index contributed by atoms with van der Waals surface area (Å²) in [5.41, 5.74) is 0.851. The monoisotopic (exact) mass is 337 g/mol. The van der Waals surface area contributed by atoms with Gasteiger partial charge in [0.1, 0.15) is 5.69 Å². The maximum Gasteiger partial charge on any atom is 0.224 e. The first-order valence-corrected chi connectivity index (χ1v) is 8.60. The van der Waals surface area contributed by atoms with Gasteiger partial charge in [0.2, 0.25) is 5.91 Å². The Morgan fingerprint density at radius 2 is 2.29 bits per heavy atom. The fourth-order valence-corrected chi connectivity index (χ4v) is 3.89. The Labute approximate surface area is 142 Å². The maximum atomic E-state index is 12.4. The average Bonchev–Trinajstić information content (AvgIpc) is 3.03. The van der Waals surface area contributed by atoms with Gasteiger partial charge in [-0.05, 0) is 25.3 Å². The van der Waals surface area contributed by atoms with Gasteiger partial charge in [-0.25, -0.2) is 0 Å². The number of nitrogens with zero attached hydrogens (tertiary/aromatic N) is 4. The smallest absolute Gasteiger partial charge is 0.224 e. The zero-order valence-electron chi connectivity index (χ0n) is 14.5. The first-order chi connectivity index (χ1) is 11.7. The van der Waals surface area contributed by atoms with Crippen LogP contribution in [0.25, 0.3) is 0 Å². The lowest BCUT2D eigenvalue weighted by Crippen LogP contribution is -2.58. The quantitative estimate of drug-likeness (QED) is 0.667. The Balaban J connectivity index is 1.54. The molecule has 8 heteroatoms. The molecular weight excluding hydrogens is 310 g/mol. The van der Waals surface area contributed by atoms with Crippen LogP contribution < -0.4 is 5.32 Å². The van der Waals surface area contributed by atoms with E-state index in [4.69, 9.17) is 9.47 Å². The van der Waals surface area contributed by atoms with Crippen LogP contribution in [0.1, 0.15) is 18.5 Å². The van der Waals surface area contributed by atoms with E-state index in [1.807, 2.05) is 10.9 Å². The van der Waals surface area contributed by atoms with E-state index >= 15 is 0 Å². The number of carbonyl (C=O) groups is 1. The number of aromatic nitrogens is 3. The predicted octanol–water partition coefficient (Wildman–Crippen LogP) is -0.102. The number of ether oxygens (including phenoxy) is 2. The van der Waals surface area contributed by atoms with Gasteiger partial charge in [-0.2, -0.15) is 0 Å². The molecule has 1 unspecified atom stereocenters. The van der Waals surface area contributed by atoms with Crippen molar-refractivity contribution in [2.45, 2.75) is 32.0 Å². The Hall–Kier alpha value is -1.51. The molecule has 4 heterocycles. The molecule has 1 N–H and O–H groups in total. The lowest BCUT2D eigenvalue weighted by molar-refractivity contribution is -0.133. The van der Waals surface area contributed by atoms with Crippen LogP contribution in [0.4, 0.5) is 0 Å². The van der Waals surface area contributed by atoms with E-state index in [9.17, 15) is 4.79 Å². The molecule has 0 radical (unpaired) electrons. The van der Waals surface area contributed by atoms with Crippen molar-refractivity contribution in [1.82, 2.24) is 25.2 Å². The molecule has 3 fully saturated rings. The van der Waals surface area contributed by atoms with Crippen LogP contribution in [0, 0.1) is 11.8 Å². The summed E-state index contributed by atoms with van der Waals surface area (Å²) in [5.74, 6) is 0.736. The molecule has 0 saturated carbocycles. The molecule has 8 nitrogen and oxygen atoms in total. The number of piperidine rings is 3. The van der Waals surface area contributed by atoms with Gasteiger partial charge in [0.25, 0.3) is 0 Å². The van der Waals surface area contributed by atoms with E-state index in [2.05, 4.69) is 20.5 Å². The van der Waals surface area contributed by atoms with Gasteiger partial charge in [0, 0.05) is 33.4 Å². The third-order valence-corrected chi connectivity index (χ3v) is 5.10. The van der Waals surface area contributed by atoms with Crippen molar-refractivity contribution in [3.63, 3.8) is 0 Å². The van der Waals surface area contributed by atoms with Gasteiger partial charge in [-0.1, -0.05) is 5.21 Å². The molecule has 0 aliphatic carbocycles. The van der Waals surface area contributed by atoms with Gasteiger partial charge in [-0.3, -0.25) is 14.4 Å². The predicted molar refractivity (Wildman–Crippen MR) is 87.2 cm³/mol. The van der Waals surface area contributed by atoms with Crippen LogP contribution in [0.3, 0.4) is 0 Å². The lowest BCUT2D eigenvalue weighted by Gasteiger charge is -2.49. The molecule has 3 aliphatic heterocycles. The van der Waals surface area contributed by atoms with Gasteiger partial charge < -0.3 is 14.8 Å². The first-order valence-electron chi connectivity index (χ1n) is 8.60.